The van der Waals surface area contributed by atoms with Crippen molar-refractivity contribution in [3.05, 3.63) is 12.7 Å². The van der Waals surface area contributed by atoms with Crippen LogP contribution < -0.4 is 10.6 Å². The molecule has 6 atom stereocenters. The Bertz CT molecular complexity index is 1040. The number of nitrogens with zero attached hydrogens (tertiary/aromatic N) is 4. The lowest BCUT2D eigenvalue weighted by Crippen LogP contribution is -2.34. The zero-order valence-electron chi connectivity index (χ0n) is 15.6. The van der Waals surface area contributed by atoms with Gasteiger partial charge in [0.1, 0.15) is 53.2 Å². The van der Waals surface area contributed by atoms with Gasteiger partial charge in [0.2, 0.25) is 0 Å². The topological polar surface area (TPSA) is 195 Å². The molecule has 0 aromatic carbocycles. The number of hydrogen-bond donors (Lipinski definition) is 3. The largest absolute Gasteiger partial charge is 0.622 e. The SMILES string of the molecule is CS(=O)(=O)CC1CO[P+]([O-])(OC[C@H]2O[C@@H](n3cnc4c(N)ncnc43)[C@H](O)[C@@H]2O)S1. The van der Waals surface area contributed by atoms with E-state index in [1.807, 2.05) is 0 Å². The van der Waals surface area contributed by atoms with Crippen LogP contribution in [0, 0.1) is 0 Å². The third-order valence-electron chi connectivity index (χ3n) is 4.58. The highest BCUT2D eigenvalue weighted by Gasteiger charge is 2.49. The van der Waals surface area contributed by atoms with Crippen LogP contribution in [0.5, 0.6) is 0 Å². The van der Waals surface area contributed by atoms with Crippen LogP contribution in [0.2, 0.25) is 0 Å². The Balaban J connectivity index is 1.42. The van der Waals surface area contributed by atoms with Crippen LogP contribution in [0.3, 0.4) is 0 Å². The molecule has 0 amide bonds. The number of nitrogen functional groups attached to an aromatic ring is 1. The van der Waals surface area contributed by atoms with Crippen LogP contribution in [-0.4, -0.2) is 86.9 Å². The maximum Gasteiger partial charge on any atom is 0.299 e. The summed E-state index contributed by atoms with van der Waals surface area (Å²) in [5.74, 6) is -0.0311. The Hall–Kier alpha value is -1.16. The van der Waals surface area contributed by atoms with Crippen LogP contribution >= 0.6 is 18.5 Å². The number of aromatic nitrogens is 4. The second-order valence-electron chi connectivity index (χ2n) is 6.99. The molecule has 4 N–H and O–H groups in total. The van der Waals surface area contributed by atoms with E-state index in [0.29, 0.717) is 11.2 Å². The highest BCUT2D eigenvalue weighted by atomic mass is 32.7. The van der Waals surface area contributed by atoms with Crippen molar-refractivity contribution in [1.82, 2.24) is 19.5 Å². The first-order valence-electron chi connectivity index (χ1n) is 8.76. The van der Waals surface area contributed by atoms with Gasteiger partial charge in [0.25, 0.3) is 7.15 Å². The second-order valence-corrected chi connectivity index (χ2v) is 13.4. The molecule has 2 aromatic rings. The number of imidazole rings is 1. The fourth-order valence-electron chi connectivity index (χ4n) is 3.22. The van der Waals surface area contributed by atoms with Gasteiger partial charge in [-0.05, 0) is 0 Å². The molecular formula is C14H20N5O8PS2. The highest BCUT2D eigenvalue weighted by Crippen LogP contribution is 2.70. The minimum Gasteiger partial charge on any atom is -0.622 e. The molecule has 4 rings (SSSR count). The molecule has 4 heterocycles. The van der Waals surface area contributed by atoms with E-state index in [-0.39, 0.29) is 24.8 Å². The predicted molar refractivity (Wildman–Crippen MR) is 106 cm³/mol. The van der Waals surface area contributed by atoms with Gasteiger partial charge in [-0.2, -0.15) is 9.05 Å². The molecule has 2 unspecified atom stereocenters. The number of aliphatic hydroxyl groups is 2. The van der Waals surface area contributed by atoms with E-state index in [1.54, 1.807) is 0 Å². The Morgan fingerprint density at radius 2 is 2.17 bits per heavy atom. The highest BCUT2D eigenvalue weighted by molar-refractivity contribution is 8.57. The molecule has 13 nitrogen and oxygen atoms in total. The van der Waals surface area contributed by atoms with Gasteiger partial charge in [-0.1, -0.05) is 0 Å². The van der Waals surface area contributed by atoms with Gasteiger partial charge < -0.3 is 25.6 Å². The lowest BCUT2D eigenvalue weighted by atomic mass is 10.1. The van der Waals surface area contributed by atoms with Gasteiger partial charge in [-0.15, -0.1) is 0 Å². The Morgan fingerprint density at radius 3 is 2.90 bits per heavy atom. The lowest BCUT2D eigenvalue weighted by molar-refractivity contribution is -0.210. The number of rotatable bonds is 6. The van der Waals surface area contributed by atoms with Gasteiger partial charge in [0.05, 0.1) is 28.7 Å². The number of anilines is 1. The first-order valence-corrected chi connectivity index (χ1v) is 13.8. The van der Waals surface area contributed by atoms with E-state index in [0.717, 1.165) is 17.6 Å². The summed E-state index contributed by atoms with van der Waals surface area (Å²) in [5, 5.41) is 20.3. The van der Waals surface area contributed by atoms with Gasteiger partial charge >= 0.3 is 0 Å². The van der Waals surface area contributed by atoms with Gasteiger partial charge in [0, 0.05) is 6.26 Å². The number of hydrogen-bond acceptors (Lipinski definition) is 13. The summed E-state index contributed by atoms with van der Waals surface area (Å²) in [7, 11) is -6.87. The summed E-state index contributed by atoms with van der Waals surface area (Å²) in [4.78, 5) is 24.7. The summed E-state index contributed by atoms with van der Waals surface area (Å²) >= 11 is 0.813. The number of fused-ring (bicyclic) bond motifs is 1. The number of sulfone groups is 1. The summed E-state index contributed by atoms with van der Waals surface area (Å²) in [5.41, 5.74) is 6.39. The normalized spacial score (nSPS) is 34.7. The Kier molecular flexibility index (Phi) is 5.93. The summed E-state index contributed by atoms with van der Waals surface area (Å²) < 4.78 is 40.4. The van der Waals surface area contributed by atoms with Crippen molar-refractivity contribution in [2.24, 2.45) is 0 Å². The van der Waals surface area contributed by atoms with Crippen molar-refractivity contribution in [1.29, 1.82) is 0 Å². The number of aliphatic hydroxyl groups excluding tert-OH is 2. The third-order valence-corrected chi connectivity index (χ3v) is 9.89. The van der Waals surface area contributed by atoms with Crippen LogP contribution in [0.15, 0.2) is 12.7 Å². The smallest absolute Gasteiger partial charge is 0.299 e. The van der Waals surface area contributed by atoms with Crippen LogP contribution in [0.4, 0.5) is 5.82 Å². The fourth-order valence-corrected chi connectivity index (χ4v) is 9.02. The molecule has 2 aliphatic rings. The number of nitrogens with two attached hydrogens (primary N) is 1. The van der Waals surface area contributed by atoms with E-state index in [1.165, 1.54) is 17.2 Å². The molecule has 2 saturated heterocycles. The van der Waals surface area contributed by atoms with Crippen molar-refractivity contribution >= 4 is 45.3 Å². The van der Waals surface area contributed by atoms with Crippen molar-refractivity contribution in [2.75, 3.05) is 31.0 Å². The van der Waals surface area contributed by atoms with Crippen LogP contribution in [0.1, 0.15) is 6.23 Å². The summed E-state index contributed by atoms with van der Waals surface area (Å²) in [6, 6.07) is 0. The van der Waals surface area contributed by atoms with Crippen molar-refractivity contribution in [3.8, 4) is 0 Å². The standard InChI is InChI=1S/C14H20N5O8PS2/c1-30(23,24)4-7-2-25-28(22,29-7)26-3-8-10(20)11(21)14(27-8)19-6-18-9-12(15)16-5-17-13(9)19/h5-8,10-11,14,20-21H,2-4H2,1H3,(H2,15,16,17)/t7?,8-,10-,11-,14-,28?/m1/s1. The van der Waals surface area contributed by atoms with Crippen LogP contribution in [-0.2, 0) is 23.6 Å². The zero-order chi connectivity index (χ0) is 21.7. The predicted octanol–water partition coefficient (Wildman–Crippen LogP) is -1.74. The molecule has 166 valence electrons. The van der Waals surface area contributed by atoms with Crippen molar-refractivity contribution in [3.63, 3.8) is 0 Å². The second kappa shape index (κ2) is 8.07. The number of ether oxygens (including phenoxy) is 1. The van der Waals surface area contributed by atoms with Gasteiger partial charge in [0.15, 0.2) is 17.7 Å². The van der Waals surface area contributed by atoms with Crippen molar-refractivity contribution in [2.45, 2.75) is 29.8 Å². The van der Waals surface area contributed by atoms with E-state index in [4.69, 9.17) is 19.5 Å². The Morgan fingerprint density at radius 1 is 1.40 bits per heavy atom. The Labute approximate surface area is 175 Å². The van der Waals surface area contributed by atoms with E-state index in [9.17, 15) is 23.5 Å². The summed E-state index contributed by atoms with van der Waals surface area (Å²) in [6.45, 7) is -0.370. The molecule has 0 aliphatic carbocycles. The molecule has 0 bridgehead atoms. The first kappa shape index (κ1) is 22.0. The minimum atomic E-state index is -3.61. The monoisotopic (exact) mass is 481 g/mol. The van der Waals surface area contributed by atoms with Crippen LogP contribution in [0.25, 0.3) is 11.2 Å². The third kappa shape index (κ3) is 4.40. The molecular weight excluding hydrogens is 461 g/mol. The summed E-state index contributed by atoms with van der Waals surface area (Å²) in [6.07, 6.45) is -1.08. The van der Waals surface area contributed by atoms with E-state index < -0.39 is 46.8 Å². The maximum atomic E-state index is 12.7. The fraction of sp³-hybridized carbons (Fsp3) is 0.643. The van der Waals surface area contributed by atoms with Gasteiger partial charge in [-0.3, -0.25) is 4.57 Å². The van der Waals surface area contributed by atoms with Gasteiger partial charge in [-0.25, -0.2) is 23.4 Å². The minimum absolute atomic E-state index is 0.0313. The molecule has 16 heteroatoms. The molecule has 0 saturated carbocycles. The zero-order valence-corrected chi connectivity index (χ0v) is 18.2. The quantitative estimate of drug-likeness (QED) is 0.394. The van der Waals surface area contributed by atoms with E-state index in [2.05, 4.69) is 15.0 Å². The average Bonchev–Trinajstić information content (AvgIpc) is 3.31. The molecule has 30 heavy (non-hydrogen) atoms. The first-order chi connectivity index (χ1) is 14.1. The maximum absolute atomic E-state index is 12.7. The molecule has 2 fully saturated rings. The molecule has 0 spiro atoms. The molecule has 2 aromatic heterocycles. The molecule has 2 aliphatic heterocycles. The van der Waals surface area contributed by atoms with Crippen molar-refractivity contribution < 1.29 is 37.3 Å². The van der Waals surface area contributed by atoms with E-state index >= 15 is 0 Å². The average molecular weight is 481 g/mol. The lowest BCUT2D eigenvalue weighted by Gasteiger charge is -2.22. The molecule has 0 radical (unpaired) electrons.